The molecule has 1 aromatic rings. The topological polar surface area (TPSA) is 95.0 Å². The van der Waals surface area contributed by atoms with E-state index in [1.807, 2.05) is 0 Å². The summed E-state index contributed by atoms with van der Waals surface area (Å²) in [4.78, 5) is 24.4. The first-order valence-electron chi connectivity index (χ1n) is 7.45. The van der Waals surface area contributed by atoms with Crippen molar-refractivity contribution < 1.29 is 23.1 Å². The third kappa shape index (κ3) is 4.69. The Morgan fingerprint density at radius 2 is 1.88 bits per heavy atom. The molecule has 1 atom stereocenters. The molecule has 10 heteroatoms. The van der Waals surface area contributed by atoms with Crippen molar-refractivity contribution in [2.45, 2.75) is 24.0 Å². The van der Waals surface area contributed by atoms with Crippen LogP contribution in [0.4, 0.5) is 0 Å². The normalized spacial score (nSPS) is 17.7. The van der Waals surface area contributed by atoms with Crippen LogP contribution in [0.15, 0.2) is 16.3 Å². The number of carboxylic acids is 1. The molecule has 0 aromatic carbocycles. The molecule has 0 saturated carbocycles. The second-order valence-electron chi connectivity index (χ2n) is 5.75. The lowest BCUT2D eigenvalue weighted by Gasteiger charge is -2.34. The van der Waals surface area contributed by atoms with Gasteiger partial charge in [0.1, 0.15) is 4.21 Å². The maximum atomic E-state index is 12.5. The van der Waals surface area contributed by atoms with Crippen LogP contribution in [0.5, 0.6) is 0 Å². The van der Waals surface area contributed by atoms with Gasteiger partial charge < -0.3 is 10.0 Å². The van der Waals surface area contributed by atoms with Gasteiger partial charge >= 0.3 is 5.97 Å². The van der Waals surface area contributed by atoms with Crippen molar-refractivity contribution in [3.8, 4) is 0 Å². The number of carbonyl (C=O) groups excluding carboxylic acids is 1. The fourth-order valence-corrected chi connectivity index (χ4v) is 5.60. The zero-order valence-corrected chi connectivity index (χ0v) is 15.5. The molecule has 24 heavy (non-hydrogen) atoms. The molecule has 1 aliphatic rings. The molecular formula is C14H19ClN2O5S2. The smallest absolute Gasteiger partial charge is 0.303 e. The fourth-order valence-electron chi connectivity index (χ4n) is 2.54. The quantitative estimate of drug-likeness (QED) is 0.792. The summed E-state index contributed by atoms with van der Waals surface area (Å²) >= 11 is 6.80. The van der Waals surface area contributed by atoms with E-state index >= 15 is 0 Å². The molecular weight excluding hydrogens is 376 g/mol. The van der Waals surface area contributed by atoms with E-state index in [0.717, 1.165) is 11.3 Å². The van der Waals surface area contributed by atoms with E-state index < -0.39 is 16.0 Å². The number of amides is 1. The predicted octanol–water partition coefficient (Wildman–Crippen LogP) is 1.74. The van der Waals surface area contributed by atoms with Gasteiger partial charge in [0.05, 0.1) is 4.34 Å². The number of thiophene rings is 1. The number of hydrogen-bond acceptors (Lipinski definition) is 5. The van der Waals surface area contributed by atoms with Gasteiger partial charge in [-0.1, -0.05) is 18.5 Å². The highest BCUT2D eigenvalue weighted by molar-refractivity contribution is 7.91. The highest BCUT2D eigenvalue weighted by atomic mass is 35.5. The Morgan fingerprint density at radius 3 is 2.38 bits per heavy atom. The molecule has 134 valence electrons. The van der Waals surface area contributed by atoms with E-state index in [9.17, 15) is 18.0 Å². The van der Waals surface area contributed by atoms with Crippen LogP contribution in [0.1, 0.15) is 19.8 Å². The van der Waals surface area contributed by atoms with E-state index in [1.165, 1.54) is 10.4 Å². The molecule has 1 aromatic heterocycles. The summed E-state index contributed by atoms with van der Waals surface area (Å²) in [5.41, 5.74) is 0. The number of hydrogen-bond donors (Lipinski definition) is 1. The summed E-state index contributed by atoms with van der Waals surface area (Å²) in [6.07, 6.45) is 0.0960. The van der Waals surface area contributed by atoms with Crippen molar-refractivity contribution in [2.24, 2.45) is 5.92 Å². The monoisotopic (exact) mass is 394 g/mol. The molecule has 1 fully saturated rings. The Morgan fingerprint density at radius 1 is 1.25 bits per heavy atom. The van der Waals surface area contributed by atoms with Crippen molar-refractivity contribution >= 4 is 44.8 Å². The number of rotatable bonds is 6. The minimum Gasteiger partial charge on any atom is -0.481 e. The van der Waals surface area contributed by atoms with Crippen LogP contribution in [-0.4, -0.2) is 60.8 Å². The van der Waals surface area contributed by atoms with Gasteiger partial charge in [-0.15, -0.1) is 11.3 Å². The van der Waals surface area contributed by atoms with Gasteiger partial charge in [-0.05, 0) is 18.1 Å². The summed E-state index contributed by atoms with van der Waals surface area (Å²) in [7, 11) is -3.58. The van der Waals surface area contributed by atoms with E-state index in [-0.39, 0.29) is 42.0 Å². The fraction of sp³-hybridized carbons (Fsp3) is 0.571. The van der Waals surface area contributed by atoms with E-state index in [1.54, 1.807) is 17.9 Å². The molecule has 7 nitrogen and oxygen atoms in total. The van der Waals surface area contributed by atoms with Crippen molar-refractivity contribution in [3.05, 3.63) is 16.5 Å². The van der Waals surface area contributed by atoms with Crippen LogP contribution >= 0.6 is 22.9 Å². The van der Waals surface area contributed by atoms with Crippen molar-refractivity contribution in [3.63, 3.8) is 0 Å². The van der Waals surface area contributed by atoms with E-state index in [4.69, 9.17) is 16.7 Å². The standard InChI is InChI=1S/C14H19ClN2O5S2/c1-10(9-13(19)20)8-12(18)16-4-6-17(7-5-16)24(21,22)14-3-2-11(15)23-14/h2-3,10H,4-9H2,1H3,(H,19,20). The first kappa shape index (κ1) is 19.2. The molecule has 2 rings (SSSR count). The molecule has 0 radical (unpaired) electrons. The van der Waals surface area contributed by atoms with Crippen LogP contribution < -0.4 is 0 Å². The number of nitrogens with zero attached hydrogens (tertiary/aromatic N) is 2. The molecule has 1 saturated heterocycles. The van der Waals surface area contributed by atoms with Crippen molar-refractivity contribution in [1.29, 1.82) is 0 Å². The van der Waals surface area contributed by atoms with Gasteiger partial charge in [0.15, 0.2) is 0 Å². The maximum absolute atomic E-state index is 12.5. The van der Waals surface area contributed by atoms with Crippen molar-refractivity contribution in [1.82, 2.24) is 9.21 Å². The van der Waals surface area contributed by atoms with Crippen LogP contribution in [0.3, 0.4) is 0 Å². The number of aliphatic carboxylic acids is 1. The van der Waals surface area contributed by atoms with Crippen LogP contribution in [0.25, 0.3) is 0 Å². The summed E-state index contributed by atoms with van der Waals surface area (Å²) in [6.45, 7) is 2.76. The lowest BCUT2D eigenvalue weighted by atomic mass is 10.0. The summed E-state index contributed by atoms with van der Waals surface area (Å²) in [6, 6.07) is 3.02. The Hall–Kier alpha value is -1.16. The first-order valence-corrected chi connectivity index (χ1v) is 10.1. The lowest BCUT2D eigenvalue weighted by molar-refractivity contribution is -0.138. The summed E-state index contributed by atoms with van der Waals surface area (Å²) in [5, 5.41) is 8.73. The van der Waals surface area contributed by atoms with Gasteiger partial charge in [-0.3, -0.25) is 9.59 Å². The van der Waals surface area contributed by atoms with Gasteiger partial charge in [-0.2, -0.15) is 4.31 Å². The Balaban J connectivity index is 1.91. The third-order valence-electron chi connectivity index (χ3n) is 3.78. The number of carbonyl (C=O) groups is 2. The van der Waals surface area contributed by atoms with E-state index in [2.05, 4.69) is 0 Å². The minimum absolute atomic E-state index is 0.0563. The largest absolute Gasteiger partial charge is 0.481 e. The Labute approximate surface area is 149 Å². The number of halogens is 1. The predicted molar refractivity (Wildman–Crippen MR) is 90.7 cm³/mol. The van der Waals surface area contributed by atoms with Crippen LogP contribution in [0.2, 0.25) is 4.34 Å². The molecule has 1 amide bonds. The van der Waals surface area contributed by atoms with Crippen LogP contribution in [-0.2, 0) is 19.6 Å². The number of piperazine rings is 1. The third-order valence-corrected chi connectivity index (χ3v) is 7.38. The van der Waals surface area contributed by atoms with Gasteiger partial charge in [-0.25, -0.2) is 8.42 Å². The van der Waals surface area contributed by atoms with E-state index in [0.29, 0.717) is 17.4 Å². The number of sulfonamides is 1. The Bertz CT molecular complexity index is 711. The van der Waals surface area contributed by atoms with Gasteiger partial charge in [0.25, 0.3) is 10.0 Å². The SMILES string of the molecule is CC(CC(=O)O)CC(=O)N1CCN(S(=O)(=O)c2ccc(Cl)s2)CC1. The number of carboxylic acid groups (broad SMARTS) is 1. The Kier molecular flexibility index (Phi) is 6.24. The average Bonchev–Trinajstić information content (AvgIpc) is 2.93. The van der Waals surface area contributed by atoms with Crippen LogP contribution in [0, 0.1) is 5.92 Å². The molecule has 1 N–H and O–H groups in total. The second-order valence-corrected chi connectivity index (χ2v) is 9.63. The zero-order valence-electron chi connectivity index (χ0n) is 13.1. The average molecular weight is 395 g/mol. The molecule has 0 bridgehead atoms. The van der Waals surface area contributed by atoms with Gasteiger partial charge in [0.2, 0.25) is 5.91 Å². The second kappa shape index (κ2) is 7.81. The summed E-state index contributed by atoms with van der Waals surface area (Å²) < 4.78 is 26.9. The zero-order chi connectivity index (χ0) is 17.9. The van der Waals surface area contributed by atoms with Gasteiger partial charge in [0, 0.05) is 39.0 Å². The minimum atomic E-state index is -3.58. The van der Waals surface area contributed by atoms with Crippen molar-refractivity contribution in [2.75, 3.05) is 26.2 Å². The highest BCUT2D eigenvalue weighted by Crippen LogP contribution is 2.28. The maximum Gasteiger partial charge on any atom is 0.303 e. The molecule has 0 aliphatic carbocycles. The highest BCUT2D eigenvalue weighted by Gasteiger charge is 2.31. The molecule has 1 unspecified atom stereocenters. The lowest BCUT2D eigenvalue weighted by Crippen LogP contribution is -2.50. The summed E-state index contributed by atoms with van der Waals surface area (Å²) in [5.74, 6) is -1.31. The molecule has 0 spiro atoms. The first-order chi connectivity index (χ1) is 11.2. The molecule has 1 aliphatic heterocycles. The molecule has 2 heterocycles.